The molecule has 0 fully saturated rings. The summed E-state index contributed by atoms with van der Waals surface area (Å²) >= 11 is 0. The van der Waals surface area contributed by atoms with Gasteiger partial charge in [-0.2, -0.15) is 0 Å². The van der Waals surface area contributed by atoms with Gasteiger partial charge in [-0.25, -0.2) is 0 Å². The number of rotatable bonds is 0. The van der Waals surface area contributed by atoms with Crippen LogP contribution in [-0.2, 0) is 0 Å². The second-order valence-corrected chi connectivity index (χ2v) is 2.26. The van der Waals surface area contributed by atoms with Crippen LogP contribution in [0.2, 0.25) is 0 Å². The van der Waals surface area contributed by atoms with E-state index in [1.807, 2.05) is 18.2 Å². The topological polar surface area (TPSA) is 26.3 Å². The fraction of sp³-hybridized carbons (Fsp3) is 0. The van der Waals surface area contributed by atoms with Crippen molar-refractivity contribution in [2.24, 2.45) is 0 Å². The zero-order valence-electron chi connectivity index (χ0n) is 5.33. The van der Waals surface area contributed by atoms with Crippen molar-refractivity contribution in [3.05, 3.63) is 24.3 Å². The molecule has 48 valence electrons. The minimum Gasteiger partial charge on any atom is -0.435 e. The minimum absolute atomic E-state index is 0.152. The maximum Gasteiger partial charge on any atom is 0.298 e. The van der Waals surface area contributed by atoms with Gasteiger partial charge in [-0.15, -0.1) is 0 Å². The maximum atomic E-state index is 10.7. The van der Waals surface area contributed by atoms with E-state index in [2.05, 4.69) is 0 Å². The molecule has 0 atom stereocenters. The summed E-state index contributed by atoms with van der Waals surface area (Å²) in [7, 11) is 0.427. The van der Waals surface area contributed by atoms with Gasteiger partial charge in [0.15, 0.2) is 0 Å². The zero-order chi connectivity index (χ0) is 6.97. The Morgan fingerprint density at radius 3 is 2.90 bits per heavy atom. The molecule has 1 heterocycles. The predicted octanol–water partition coefficient (Wildman–Crippen LogP) is 0.261. The Hall–Kier alpha value is -1.25. The highest BCUT2D eigenvalue weighted by molar-refractivity contribution is 6.85. The van der Waals surface area contributed by atoms with E-state index >= 15 is 0 Å². The van der Waals surface area contributed by atoms with Crippen molar-refractivity contribution in [2.75, 3.05) is 0 Å². The molecule has 0 aliphatic carbocycles. The molecule has 0 N–H and O–H groups in total. The fourth-order valence-electron chi connectivity index (χ4n) is 1.06. The van der Waals surface area contributed by atoms with Gasteiger partial charge in [-0.3, -0.25) is 4.79 Å². The highest BCUT2D eigenvalue weighted by Gasteiger charge is 2.20. The lowest BCUT2D eigenvalue weighted by atomic mass is 9.72. The molecule has 0 unspecified atom stereocenters. The number of carbonyl (C=O) groups is 1. The molecule has 3 heteroatoms. The van der Waals surface area contributed by atoms with Crippen LogP contribution in [-0.4, -0.2) is 13.1 Å². The van der Waals surface area contributed by atoms with Gasteiger partial charge < -0.3 is 4.74 Å². The molecule has 0 radical (unpaired) electrons. The van der Waals surface area contributed by atoms with E-state index < -0.39 is 0 Å². The first-order valence-corrected chi connectivity index (χ1v) is 3.15. The first kappa shape index (κ1) is 5.53. The largest absolute Gasteiger partial charge is 0.435 e. The number of para-hydroxylation sites is 1. The monoisotopic (exact) mass is 132 g/mol. The lowest BCUT2D eigenvalue weighted by Gasteiger charge is -1.93. The first-order valence-electron chi connectivity index (χ1n) is 3.15. The molecule has 1 aromatic rings. The lowest BCUT2D eigenvalue weighted by Crippen LogP contribution is -2.13. The second-order valence-electron chi connectivity index (χ2n) is 2.26. The molecule has 10 heavy (non-hydrogen) atoms. The van der Waals surface area contributed by atoms with Crippen molar-refractivity contribution in [3.63, 3.8) is 0 Å². The molecule has 1 aliphatic rings. The highest BCUT2D eigenvalue weighted by atomic mass is 16.5. The van der Waals surface area contributed by atoms with E-state index in [-0.39, 0.29) is 5.87 Å². The quantitative estimate of drug-likeness (QED) is 0.473. The van der Waals surface area contributed by atoms with Crippen LogP contribution < -0.4 is 10.2 Å². The molecule has 0 spiro atoms. The van der Waals surface area contributed by atoms with E-state index in [0.29, 0.717) is 13.0 Å². The van der Waals surface area contributed by atoms with Gasteiger partial charge in [0, 0.05) is 0 Å². The van der Waals surface area contributed by atoms with E-state index in [9.17, 15) is 4.79 Å². The van der Waals surface area contributed by atoms with Crippen LogP contribution >= 0.6 is 0 Å². The Morgan fingerprint density at radius 1 is 1.30 bits per heavy atom. The number of hydrogen-bond acceptors (Lipinski definition) is 2. The van der Waals surface area contributed by atoms with E-state index in [1.165, 1.54) is 0 Å². The Labute approximate surface area is 59.1 Å². The summed E-state index contributed by atoms with van der Waals surface area (Å²) in [5, 5.41) is 0. The summed E-state index contributed by atoms with van der Waals surface area (Å²) in [5.74, 6) is 0.564. The van der Waals surface area contributed by atoms with Crippen LogP contribution in [0.5, 0.6) is 5.75 Å². The number of ether oxygens (including phenoxy) is 1. The summed E-state index contributed by atoms with van der Waals surface area (Å²) < 4.78 is 4.87. The first-order chi connectivity index (χ1) is 4.86. The van der Waals surface area contributed by atoms with E-state index in [1.54, 1.807) is 6.07 Å². The molecular formula is C7H5BO2. The zero-order valence-corrected chi connectivity index (χ0v) is 5.33. The van der Waals surface area contributed by atoms with Crippen LogP contribution in [0.15, 0.2) is 24.3 Å². The van der Waals surface area contributed by atoms with Crippen molar-refractivity contribution >= 4 is 18.6 Å². The summed E-state index contributed by atoms with van der Waals surface area (Å²) in [6, 6.07) is 7.47. The third kappa shape index (κ3) is 0.710. The molecule has 0 saturated heterocycles. The van der Waals surface area contributed by atoms with Crippen LogP contribution in [0.3, 0.4) is 0 Å². The Morgan fingerprint density at radius 2 is 2.10 bits per heavy atom. The molecule has 1 aromatic carbocycles. The lowest BCUT2D eigenvalue weighted by molar-refractivity contribution is 0.227. The molecule has 2 rings (SSSR count). The molecule has 2 nitrogen and oxygen atoms in total. The van der Waals surface area contributed by atoms with Gasteiger partial charge in [0.1, 0.15) is 5.75 Å². The molecule has 0 aromatic heterocycles. The molecule has 1 aliphatic heterocycles. The Bertz CT molecular complexity index is 256. The Balaban J connectivity index is 2.51. The smallest absolute Gasteiger partial charge is 0.298 e. The molecule has 0 amide bonds. The number of benzene rings is 1. The molecular weight excluding hydrogens is 127 g/mol. The number of carbonyl (C=O) groups excluding carboxylic acids is 1. The van der Waals surface area contributed by atoms with Gasteiger partial charge in [0.25, 0.3) is 13.1 Å². The highest BCUT2D eigenvalue weighted by Crippen LogP contribution is 2.10. The summed E-state index contributed by atoms with van der Waals surface area (Å²) in [5.41, 5.74) is 0.993. The minimum atomic E-state index is -0.152. The number of hydrogen-bond donors (Lipinski definition) is 0. The van der Waals surface area contributed by atoms with E-state index in [0.717, 1.165) is 5.46 Å². The van der Waals surface area contributed by atoms with Crippen molar-refractivity contribution in [1.82, 2.24) is 0 Å². The molecule has 0 saturated carbocycles. The standard InChI is InChI=1S/C7H5BO2/c9-7-8-5-3-1-2-4-6(5)10-7/h1-4,8H. The summed E-state index contributed by atoms with van der Waals surface area (Å²) in [4.78, 5) is 10.7. The maximum absolute atomic E-state index is 10.7. The van der Waals surface area contributed by atoms with E-state index in [4.69, 9.17) is 4.74 Å². The van der Waals surface area contributed by atoms with Gasteiger partial charge >= 0.3 is 0 Å². The van der Waals surface area contributed by atoms with Gasteiger partial charge in [0.2, 0.25) is 0 Å². The van der Waals surface area contributed by atoms with Gasteiger partial charge in [-0.1, -0.05) is 18.2 Å². The number of fused-ring (bicyclic) bond motifs is 1. The third-order valence-corrected chi connectivity index (χ3v) is 1.53. The van der Waals surface area contributed by atoms with Gasteiger partial charge in [0.05, 0.1) is 0 Å². The van der Waals surface area contributed by atoms with Crippen molar-refractivity contribution < 1.29 is 9.53 Å². The van der Waals surface area contributed by atoms with Crippen molar-refractivity contribution in [3.8, 4) is 5.75 Å². The average molecular weight is 132 g/mol. The van der Waals surface area contributed by atoms with Gasteiger partial charge in [-0.05, 0) is 11.5 Å². The SMILES string of the molecule is O=C1Bc2ccccc2O1. The van der Waals surface area contributed by atoms with Crippen molar-refractivity contribution in [2.45, 2.75) is 0 Å². The average Bonchev–Trinajstić information content (AvgIpc) is 2.27. The Kier molecular flexibility index (Phi) is 1.03. The van der Waals surface area contributed by atoms with Crippen molar-refractivity contribution in [1.29, 1.82) is 0 Å². The third-order valence-electron chi connectivity index (χ3n) is 1.53. The predicted molar refractivity (Wildman–Crippen MR) is 39.2 cm³/mol. The summed E-state index contributed by atoms with van der Waals surface area (Å²) in [6.07, 6.45) is 0. The van der Waals surface area contributed by atoms with Crippen LogP contribution in [0.1, 0.15) is 0 Å². The fourth-order valence-corrected chi connectivity index (χ4v) is 1.06. The molecule has 0 bridgehead atoms. The normalized spacial score (nSPS) is 13.8. The second kappa shape index (κ2) is 1.87. The van der Waals surface area contributed by atoms with Crippen LogP contribution in [0.4, 0.5) is 4.79 Å². The van der Waals surface area contributed by atoms with Crippen LogP contribution in [0, 0.1) is 0 Å². The van der Waals surface area contributed by atoms with Crippen LogP contribution in [0.25, 0.3) is 0 Å². The summed E-state index contributed by atoms with van der Waals surface area (Å²) in [6.45, 7) is 0.